The van der Waals surface area contributed by atoms with Crippen LogP contribution in [0.15, 0.2) is 18.2 Å². The van der Waals surface area contributed by atoms with Gasteiger partial charge in [0.15, 0.2) is 12.4 Å². The van der Waals surface area contributed by atoms with Gasteiger partial charge in [-0.3, -0.25) is 4.79 Å². The van der Waals surface area contributed by atoms with Crippen molar-refractivity contribution in [2.75, 3.05) is 6.61 Å². The lowest BCUT2D eigenvalue weighted by Gasteiger charge is -2.07. The number of nitrogens with zero attached hydrogens (tertiary/aromatic N) is 3. The summed E-state index contributed by atoms with van der Waals surface area (Å²) < 4.78 is 5.25. The average Bonchev–Trinajstić information content (AvgIpc) is 2.91. The highest BCUT2D eigenvalue weighted by Gasteiger charge is 2.06. The van der Waals surface area contributed by atoms with Crippen molar-refractivity contribution < 1.29 is 9.53 Å². The molecule has 0 aliphatic rings. The van der Waals surface area contributed by atoms with E-state index in [4.69, 9.17) is 27.9 Å². The van der Waals surface area contributed by atoms with Crippen molar-refractivity contribution in [3.63, 3.8) is 0 Å². The Kier molecular flexibility index (Phi) is 4.53. The smallest absolute Gasteiger partial charge is 0.258 e. The number of rotatable bonds is 5. The average molecular weight is 302 g/mol. The molecule has 2 rings (SSSR count). The minimum Gasteiger partial charge on any atom is -0.484 e. The number of amides is 1. The lowest BCUT2D eigenvalue weighted by molar-refractivity contribution is -0.123. The van der Waals surface area contributed by atoms with Gasteiger partial charge >= 0.3 is 0 Å². The van der Waals surface area contributed by atoms with Crippen LogP contribution in [0.2, 0.25) is 10.0 Å². The van der Waals surface area contributed by atoms with E-state index in [1.165, 1.54) is 6.07 Å². The number of carbonyl (C=O) groups excluding carboxylic acids is 1. The van der Waals surface area contributed by atoms with Crippen molar-refractivity contribution in [1.82, 2.24) is 25.9 Å². The van der Waals surface area contributed by atoms with Gasteiger partial charge in [0.1, 0.15) is 5.75 Å². The Hall–Kier alpha value is -1.86. The molecule has 0 aliphatic carbocycles. The third-order valence-corrected chi connectivity index (χ3v) is 2.83. The predicted molar refractivity (Wildman–Crippen MR) is 68.0 cm³/mol. The third kappa shape index (κ3) is 4.08. The Labute approximate surface area is 118 Å². The van der Waals surface area contributed by atoms with Crippen molar-refractivity contribution >= 4 is 29.1 Å². The number of halogens is 2. The first-order valence-corrected chi connectivity index (χ1v) is 5.97. The summed E-state index contributed by atoms with van der Waals surface area (Å²) in [5, 5.41) is 16.4. The highest BCUT2D eigenvalue weighted by atomic mass is 35.5. The fourth-order valence-electron chi connectivity index (χ4n) is 1.20. The van der Waals surface area contributed by atoms with Gasteiger partial charge in [0.05, 0.1) is 16.6 Å². The van der Waals surface area contributed by atoms with Crippen LogP contribution in [0.4, 0.5) is 0 Å². The molecule has 100 valence electrons. The van der Waals surface area contributed by atoms with Crippen molar-refractivity contribution in [3.05, 3.63) is 34.1 Å². The zero-order chi connectivity index (χ0) is 13.7. The van der Waals surface area contributed by atoms with Crippen LogP contribution in [0.5, 0.6) is 5.75 Å². The van der Waals surface area contributed by atoms with E-state index in [0.717, 1.165) is 0 Å². The highest BCUT2D eigenvalue weighted by molar-refractivity contribution is 6.42. The number of hydrogen-bond donors (Lipinski definition) is 2. The van der Waals surface area contributed by atoms with E-state index in [1.54, 1.807) is 12.1 Å². The van der Waals surface area contributed by atoms with Gasteiger partial charge in [0.2, 0.25) is 0 Å². The van der Waals surface area contributed by atoms with Gasteiger partial charge in [-0.05, 0) is 12.1 Å². The summed E-state index contributed by atoms with van der Waals surface area (Å²) in [6.07, 6.45) is 0. The molecule has 0 bridgehead atoms. The number of tetrazole rings is 1. The van der Waals surface area contributed by atoms with Crippen LogP contribution in [-0.2, 0) is 11.3 Å². The van der Waals surface area contributed by atoms with Gasteiger partial charge in [-0.25, -0.2) is 0 Å². The molecular formula is C10H9Cl2N5O2. The Morgan fingerprint density at radius 1 is 1.37 bits per heavy atom. The van der Waals surface area contributed by atoms with Gasteiger partial charge in [-0.2, -0.15) is 5.21 Å². The first-order chi connectivity index (χ1) is 9.15. The number of aromatic amines is 1. The van der Waals surface area contributed by atoms with Gasteiger partial charge in [-0.1, -0.05) is 28.4 Å². The number of hydrogen-bond acceptors (Lipinski definition) is 5. The molecule has 2 aromatic rings. The molecule has 2 N–H and O–H groups in total. The standard InChI is InChI=1S/C10H9Cl2N5O2/c11-7-2-1-6(3-8(7)12)19-5-10(18)13-4-9-14-16-17-15-9/h1-3H,4-5H2,(H,13,18)(H,14,15,16,17). The van der Waals surface area contributed by atoms with Crippen molar-refractivity contribution in [2.24, 2.45) is 0 Å². The maximum atomic E-state index is 11.5. The van der Waals surface area contributed by atoms with Crippen molar-refractivity contribution in [2.45, 2.75) is 6.54 Å². The first kappa shape index (κ1) is 13.6. The molecule has 0 fully saturated rings. The number of carbonyl (C=O) groups is 1. The van der Waals surface area contributed by atoms with E-state index >= 15 is 0 Å². The van der Waals surface area contributed by atoms with Crippen LogP contribution in [0, 0.1) is 0 Å². The molecular weight excluding hydrogens is 293 g/mol. The van der Waals surface area contributed by atoms with Crippen molar-refractivity contribution in [1.29, 1.82) is 0 Å². The van der Waals surface area contributed by atoms with Gasteiger partial charge in [0, 0.05) is 6.07 Å². The van der Waals surface area contributed by atoms with Crippen LogP contribution in [0.25, 0.3) is 0 Å². The molecule has 1 aromatic carbocycles. The zero-order valence-electron chi connectivity index (χ0n) is 9.56. The minimum absolute atomic E-state index is 0.143. The number of aromatic nitrogens is 4. The van der Waals surface area contributed by atoms with Crippen LogP contribution in [0.3, 0.4) is 0 Å². The van der Waals surface area contributed by atoms with Gasteiger partial charge in [-0.15, -0.1) is 10.2 Å². The zero-order valence-corrected chi connectivity index (χ0v) is 11.1. The second kappa shape index (κ2) is 6.35. The number of ether oxygens (including phenoxy) is 1. The fraction of sp³-hybridized carbons (Fsp3) is 0.200. The summed E-state index contributed by atoms with van der Waals surface area (Å²) in [6.45, 7) is 0.0376. The third-order valence-electron chi connectivity index (χ3n) is 2.09. The van der Waals surface area contributed by atoms with Crippen LogP contribution in [-0.4, -0.2) is 33.1 Å². The lowest BCUT2D eigenvalue weighted by atomic mass is 10.3. The summed E-state index contributed by atoms with van der Waals surface area (Å²) in [5.74, 6) is 0.544. The first-order valence-electron chi connectivity index (χ1n) is 5.22. The monoisotopic (exact) mass is 301 g/mol. The van der Waals surface area contributed by atoms with E-state index < -0.39 is 0 Å². The molecule has 1 aromatic heterocycles. The molecule has 9 heteroatoms. The number of benzene rings is 1. The Bertz CT molecular complexity index is 561. The topological polar surface area (TPSA) is 92.8 Å². The summed E-state index contributed by atoms with van der Waals surface area (Å²) in [7, 11) is 0. The largest absolute Gasteiger partial charge is 0.484 e. The molecule has 0 spiro atoms. The predicted octanol–water partition coefficient (Wildman–Crippen LogP) is 1.20. The molecule has 1 heterocycles. The number of nitrogens with one attached hydrogen (secondary N) is 2. The summed E-state index contributed by atoms with van der Waals surface area (Å²) in [4.78, 5) is 11.5. The van der Waals surface area contributed by atoms with Crippen LogP contribution in [0.1, 0.15) is 5.82 Å². The molecule has 0 unspecified atom stereocenters. The second-order valence-corrected chi connectivity index (χ2v) is 4.28. The summed E-state index contributed by atoms with van der Waals surface area (Å²) in [6, 6.07) is 4.76. The molecule has 0 saturated heterocycles. The quantitative estimate of drug-likeness (QED) is 0.865. The molecule has 7 nitrogen and oxygen atoms in total. The van der Waals surface area contributed by atoms with Crippen LogP contribution < -0.4 is 10.1 Å². The maximum Gasteiger partial charge on any atom is 0.258 e. The fourth-order valence-corrected chi connectivity index (χ4v) is 1.49. The highest BCUT2D eigenvalue weighted by Crippen LogP contribution is 2.26. The Morgan fingerprint density at radius 2 is 2.21 bits per heavy atom. The molecule has 0 atom stereocenters. The van der Waals surface area contributed by atoms with Crippen LogP contribution >= 0.6 is 23.2 Å². The normalized spacial score (nSPS) is 10.2. The number of H-pyrrole nitrogens is 1. The summed E-state index contributed by atoms with van der Waals surface area (Å²) >= 11 is 11.6. The minimum atomic E-state index is -0.309. The Morgan fingerprint density at radius 3 is 2.89 bits per heavy atom. The summed E-state index contributed by atoms with van der Waals surface area (Å²) in [5.41, 5.74) is 0. The van der Waals surface area contributed by atoms with E-state index in [2.05, 4.69) is 25.9 Å². The molecule has 0 saturated carbocycles. The SMILES string of the molecule is O=C(COc1ccc(Cl)c(Cl)c1)NCc1nn[nH]n1. The molecule has 19 heavy (non-hydrogen) atoms. The molecule has 1 amide bonds. The van der Waals surface area contributed by atoms with E-state index in [0.29, 0.717) is 21.6 Å². The van der Waals surface area contributed by atoms with Gasteiger partial charge in [0.25, 0.3) is 5.91 Å². The van der Waals surface area contributed by atoms with E-state index in [1.807, 2.05) is 0 Å². The van der Waals surface area contributed by atoms with E-state index in [9.17, 15) is 4.79 Å². The van der Waals surface area contributed by atoms with E-state index in [-0.39, 0.29) is 19.1 Å². The second-order valence-electron chi connectivity index (χ2n) is 3.47. The van der Waals surface area contributed by atoms with Crippen molar-refractivity contribution in [3.8, 4) is 5.75 Å². The van der Waals surface area contributed by atoms with Gasteiger partial charge < -0.3 is 10.1 Å². The molecule has 0 aliphatic heterocycles. The maximum absolute atomic E-state index is 11.5. The Balaban J connectivity index is 1.78. The lowest BCUT2D eigenvalue weighted by Crippen LogP contribution is -2.28. The molecule has 0 radical (unpaired) electrons.